The lowest BCUT2D eigenvalue weighted by Gasteiger charge is -2.26. The molecule has 23 heavy (non-hydrogen) atoms. The third-order valence-electron chi connectivity index (χ3n) is 3.41. The van der Waals surface area contributed by atoms with Gasteiger partial charge in [0, 0.05) is 15.6 Å². The van der Waals surface area contributed by atoms with E-state index in [-0.39, 0.29) is 27.7 Å². The van der Waals surface area contributed by atoms with Crippen LogP contribution in [0.3, 0.4) is 0 Å². The lowest BCUT2D eigenvalue weighted by atomic mass is 9.85. The number of hydrogen-bond acceptors (Lipinski definition) is 5. The number of ether oxygens (including phenoxy) is 1. The van der Waals surface area contributed by atoms with Crippen molar-refractivity contribution in [2.45, 2.75) is 5.92 Å². The van der Waals surface area contributed by atoms with Crippen LogP contribution in [0.4, 0.5) is 0 Å². The first kappa shape index (κ1) is 15.6. The van der Waals surface area contributed by atoms with Gasteiger partial charge in [-0.15, -0.1) is 0 Å². The molecule has 1 aromatic heterocycles. The molecule has 1 aromatic carbocycles. The number of H-pyrrole nitrogens is 2. The molecular weight excluding hydrogens is 359 g/mol. The molecule has 0 amide bonds. The number of nitrogens with two attached hydrogens (primary N) is 1. The Labute approximate surface area is 145 Å². The van der Waals surface area contributed by atoms with Gasteiger partial charge in [0.05, 0.1) is 11.5 Å². The minimum absolute atomic E-state index is 0.0449. The van der Waals surface area contributed by atoms with Gasteiger partial charge in [0.15, 0.2) is 4.77 Å². The van der Waals surface area contributed by atoms with Crippen LogP contribution in [-0.2, 0) is 0 Å². The van der Waals surface area contributed by atoms with Crippen molar-refractivity contribution in [1.29, 1.82) is 5.26 Å². The molecule has 2 heterocycles. The molecule has 4 N–H and O–H groups in total. The maximum Gasteiger partial charge on any atom is 0.259 e. The maximum atomic E-state index is 12.4. The average Bonchev–Trinajstić information content (AvgIpc) is 2.46. The van der Waals surface area contributed by atoms with E-state index in [1.165, 1.54) is 0 Å². The van der Waals surface area contributed by atoms with E-state index in [4.69, 9.17) is 45.9 Å². The molecular formula is C14H8Cl2N4O2S. The molecule has 0 saturated carbocycles. The molecule has 0 bridgehead atoms. The number of hydrogen-bond donors (Lipinski definition) is 3. The van der Waals surface area contributed by atoms with Crippen LogP contribution in [0.2, 0.25) is 10.0 Å². The van der Waals surface area contributed by atoms with Crippen molar-refractivity contribution >= 4 is 35.4 Å². The third kappa shape index (κ3) is 2.51. The van der Waals surface area contributed by atoms with Crippen LogP contribution >= 0.6 is 35.4 Å². The Morgan fingerprint density at radius 3 is 2.52 bits per heavy atom. The first-order valence-corrected chi connectivity index (χ1v) is 7.48. The summed E-state index contributed by atoms with van der Waals surface area (Å²) in [4.78, 5) is 17.5. The van der Waals surface area contributed by atoms with Crippen molar-refractivity contribution in [2.75, 3.05) is 0 Å². The highest BCUT2D eigenvalue weighted by atomic mass is 35.5. The second kappa shape index (κ2) is 5.74. The molecule has 0 saturated heterocycles. The van der Waals surface area contributed by atoms with E-state index >= 15 is 0 Å². The summed E-state index contributed by atoms with van der Waals surface area (Å²) in [7, 11) is 0. The number of nitrogens with one attached hydrogen (secondary N) is 2. The summed E-state index contributed by atoms with van der Waals surface area (Å²) >= 11 is 17.4. The van der Waals surface area contributed by atoms with Gasteiger partial charge in [-0.25, -0.2) is 0 Å². The number of aromatic nitrogens is 2. The minimum atomic E-state index is -0.861. The van der Waals surface area contributed by atoms with E-state index in [2.05, 4.69) is 9.97 Å². The Balaban J connectivity index is 2.42. The number of rotatable bonds is 1. The number of fused-ring (bicyclic) bond motifs is 1. The topological polar surface area (TPSA) is 108 Å². The Bertz CT molecular complexity index is 983. The molecule has 9 heteroatoms. The third-order valence-corrected chi connectivity index (χ3v) is 4.27. The number of halogens is 2. The van der Waals surface area contributed by atoms with E-state index in [1.54, 1.807) is 18.2 Å². The second-order valence-corrected chi connectivity index (χ2v) is 5.93. The zero-order chi connectivity index (χ0) is 16.7. The van der Waals surface area contributed by atoms with E-state index in [0.717, 1.165) is 0 Å². The fourth-order valence-corrected chi connectivity index (χ4v) is 3.27. The van der Waals surface area contributed by atoms with E-state index in [0.29, 0.717) is 15.6 Å². The summed E-state index contributed by atoms with van der Waals surface area (Å²) in [6.07, 6.45) is 0. The number of nitriles is 1. The lowest BCUT2D eigenvalue weighted by molar-refractivity contribution is 0.374. The number of aromatic amines is 2. The van der Waals surface area contributed by atoms with E-state index in [9.17, 15) is 10.1 Å². The van der Waals surface area contributed by atoms with Crippen molar-refractivity contribution in [3.8, 4) is 11.9 Å². The average molecular weight is 367 g/mol. The standard InChI is InChI=1S/C14H8Cl2N4O2S/c15-6-2-1-3-7(16)9(6)8-5(4-17)11(18)22-13-10(8)12(21)19-14(23)20-13/h1-3,8H,18H2,(H2,19,20,21,23). The fraction of sp³-hybridized carbons (Fsp3) is 0.0714. The van der Waals surface area contributed by atoms with Gasteiger partial charge in [-0.05, 0) is 24.4 Å². The molecule has 0 fully saturated rings. The molecule has 1 unspecified atom stereocenters. The summed E-state index contributed by atoms with van der Waals surface area (Å²) in [5.74, 6) is -0.936. The van der Waals surface area contributed by atoms with Crippen LogP contribution in [0.15, 0.2) is 34.4 Å². The first-order chi connectivity index (χ1) is 10.9. The monoisotopic (exact) mass is 366 g/mol. The summed E-state index contributed by atoms with van der Waals surface area (Å²) < 4.78 is 5.41. The molecule has 0 spiro atoms. The highest BCUT2D eigenvalue weighted by Gasteiger charge is 2.36. The SMILES string of the molecule is N#CC1=C(N)Oc2[nH]c(=S)[nH]c(=O)c2C1c1c(Cl)cccc1Cl. The molecule has 1 atom stereocenters. The van der Waals surface area contributed by atoms with Crippen molar-refractivity contribution in [1.82, 2.24) is 9.97 Å². The first-order valence-electron chi connectivity index (χ1n) is 6.32. The Morgan fingerprint density at radius 2 is 1.91 bits per heavy atom. The second-order valence-electron chi connectivity index (χ2n) is 4.71. The van der Waals surface area contributed by atoms with Gasteiger partial charge in [-0.3, -0.25) is 9.78 Å². The fourth-order valence-electron chi connectivity index (χ4n) is 2.46. The van der Waals surface area contributed by atoms with Crippen LogP contribution in [-0.4, -0.2) is 9.97 Å². The van der Waals surface area contributed by atoms with Gasteiger partial charge in [-0.1, -0.05) is 29.3 Å². The number of allylic oxidation sites excluding steroid dienone is 1. The molecule has 0 aliphatic carbocycles. The molecule has 1 aliphatic rings. The normalized spacial score (nSPS) is 16.5. The molecule has 116 valence electrons. The highest BCUT2D eigenvalue weighted by molar-refractivity contribution is 7.71. The largest absolute Gasteiger partial charge is 0.424 e. The summed E-state index contributed by atoms with van der Waals surface area (Å²) in [6, 6.07) is 6.85. The Morgan fingerprint density at radius 1 is 1.26 bits per heavy atom. The van der Waals surface area contributed by atoms with Gasteiger partial charge in [0.25, 0.3) is 5.56 Å². The van der Waals surface area contributed by atoms with Crippen LogP contribution in [0.1, 0.15) is 17.0 Å². The van der Waals surface area contributed by atoms with Crippen LogP contribution in [0, 0.1) is 16.1 Å². The van der Waals surface area contributed by atoms with Gasteiger partial charge >= 0.3 is 0 Å². The Hall–Kier alpha value is -2.27. The predicted octanol–water partition coefficient (Wildman–Crippen LogP) is 2.96. The van der Waals surface area contributed by atoms with Crippen molar-refractivity contribution in [3.05, 3.63) is 66.0 Å². The predicted molar refractivity (Wildman–Crippen MR) is 88.0 cm³/mol. The van der Waals surface area contributed by atoms with E-state index in [1.807, 2.05) is 6.07 Å². The zero-order valence-corrected chi connectivity index (χ0v) is 13.6. The van der Waals surface area contributed by atoms with E-state index < -0.39 is 11.5 Å². The molecule has 3 rings (SSSR count). The summed E-state index contributed by atoms with van der Waals surface area (Å²) in [6.45, 7) is 0. The Kier molecular flexibility index (Phi) is 3.90. The van der Waals surface area contributed by atoms with Gasteiger partial charge < -0.3 is 15.5 Å². The molecule has 0 radical (unpaired) electrons. The lowest BCUT2D eigenvalue weighted by Crippen LogP contribution is -2.29. The van der Waals surface area contributed by atoms with Crippen molar-refractivity contribution in [3.63, 3.8) is 0 Å². The van der Waals surface area contributed by atoms with Crippen molar-refractivity contribution in [2.24, 2.45) is 5.73 Å². The zero-order valence-electron chi connectivity index (χ0n) is 11.3. The van der Waals surface area contributed by atoms with Gasteiger partial charge in [0.1, 0.15) is 11.6 Å². The molecule has 2 aromatic rings. The smallest absolute Gasteiger partial charge is 0.259 e. The van der Waals surface area contributed by atoms with Gasteiger partial charge in [-0.2, -0.15) is 5.26 Å². The maximum absolute atomic E-state index is 12.4. The highest BCUT2D eigenvalue weighted by Crippen LogP contribution is 2.44. The quantitative estimate of drug-likeness (QED) is 0.672. The number of benzene rings is 1. The molecule has 6 nitrogen and oxygen atoms in total. The van der Waals surface area contributed by atoms with Gasteiger partial charge in [0.2, 0.25) is 11.8 Å². The van der Waals surface area contributed by atoms with Crippen LogP contribution < -0.4 is 16.0 Å². The van der Waals surface area contributed by atoms with Crippen LogP contribution in [0.25, 0.3) is 0 Å². The van der Waals surface area contributed by atoms with Crippen LogP contribution in [0.5, 0.6) is 5.88 Å². The summed E-state index contributed by atoms with van der Waals surface area (Å²) in [5.41, 5.74) is 5.89. The van der Waals surface area contributed by atoms with Crippen molar-refractivity contribution < 1.29 is 4.74 Å². The molecule has 1 aliphatic heterocycles. The minimum Gasteiger partial charge on any atom is -0.424 e. The summed E-state index contributed by atoms with van der Waals surface area (Å²) in [5, 5.41) is 10.1. The number of nitrogens with zero attached hydrogens (tertiary/aromatic N) is 1.